The van der Waals surface area contributed by atoms with E-state index < -0.39 is 0 Å². The van der Waals surface area contributed by atoms with Crippen molar-refractivity contribution in [1.29, 1.82) is 0 Å². The van der Waals surface area contributed by atoms with Crippen molar-refractivity contribution in [2.45, 2.75) is 17.2 Å². The van der Waals surface area contributed by atoms with Crippen LogP contribution in [0, 0.1) is 0 Å². The quantitative estimate of drug-likeness (QED) is 0.506. The van der Waals surface area contributed by atoms with Crippen LogP contribution in [0.15, 0.2) is 46.8 Å². The number of benzene rings is 1. The third-order valence-corrected chi connectivity index (χ3v) is 6.22. The van der Waals surface area contributed by atoms with Gasteiger partial charge in [-0.05, 0) is 24.4 Å². The van der Waals surface area contributed by atoms with Crippen LogP contribution in [-0.2, 0) is 9.53 Å². The van der Waals surface area contributed by atoms with Gasteiger partial charge in [0.15, 0.2) is 5.82 Å². The first-order valence-corrected chi connectivity index (χ1v) is 10.3. The maximum absolute atomic E-state index is 12.8. The van der Waals surface area contributed by atoms with E-state index in [1.54, 1.807) is 11.3 Å². The lowest BCUT2D eigenvalue weighted by atomic mass is 10.2. The first kappa shape index (κ1) is 17.5. The highest BCUT2D eigenvalue weighted by Crippen LogP contribution is 2.32. The molecular formula is C19H19N3O2S2. The molecule has 26 heavy (non-hydrogen) atoms. The predicted octanol–water partition coefficient (Wildman–Crippen LogP) is 3.70. The van der Waals surface area contributed by atoms with Crippen molar-refractivity contribution in [1.82, 2.24) is 14.9 Å². The van der Waals surface area contributed by atoms with E-state index in [1.807, 2.05) is 53.6 Å². The third-order valence-electron chi connectivity index (χ3n) is 4.27. The lowest BCUT2D eigenvalue weighted by Crippen LogP contribution is -2.44. The summed E-state index contributed by atoms with van der Waals surface area (Å²) < 4.78 is 5.34. The van der Waals surface area contributed by atoms with Crippen LogP contribution in [0.5, 0.6) is 0 Å². The lowest BCUT2D eigenvalue weighted by molar-refractivity contribution is -0.134. The highest BCUT2D eigenvalue weighted by Gasteiger charge is 2.24. The number of amides is 1. The van der Waals surface area contributed by atoms with Crippen LogP contribution in [0.2, 0.25) is 0 Å². The molecule has 134 valence electrons. The largest absolute Gasteiger partial charge is 0.378 e. The number of thioether (sulfide) groups is 1. The van der Waals surface area contributed by atoms with Crippen molar-refractivity contribution in [3.63, 3.8) is 0 Å². The van der Waals surface area contributed by atoms with Crippen molar-refractivity contribution < 1.29 is 9.53 Å². The number of nitrogens with zero attached hydrogens (tertiary/aromatic N) is 3. The molecule has 0 saturated carbocycles. The predicted molar refractivity (Wildman–Crippen MR) is 106 cm³/mol. The van der Waals surface area contributed by atoms with Gasteiger partial charge >= 0.3 is 0 Å². The summed E-state index contributed by atoms with van der Waals surface area (Å²) in [6.45, 7) is 4.50. The zero-order valence-electron chi connectivity index (χ0n) is 14.4. The van der Waals surface area contributed by atoms with Gasteiger partial charge in [0.25, 0.3) is 0 Å². The number of carbonyl (C=O) groups is 1. The van der Waals surface area contributed by atoms with Gasteiger partial charge in [-0.15, -0.1) is 11.3 Å². The number of ether oxygens (including phenoxy) is 1. The second-order valence-corrected chi connectivity index (χ2v) is 8.32. The monoisotopic (exact) mass is 385 g/mol. The summed E-state index contributed by atoms with van der Waals surface area (Å²) in [5.41, 5.74) is 0.902. The van der Waals surface area contributed by atoms with Gasteiger partial charge in [-0.2, -0.15) is 0 Å². The summed E-state index contributed by atoms with van der Waals surface area (Å²) >= 11 is 3.13. The van der Waals surface area contributed by atoms with Gasteiger partial charge in [0.1, 0.15) is 5.03 Å². The molecule has 7 heteroatoms. The molecule has 3 aromatic rings. The number of hydrogen-bond acceptors (Lipinski definition) is 6. The van der Waals surface area contributed by atoms with E-state index in [0.717, 1.165) is 20.8 Å². The number of para-hydroxylation sites is 1. The van der Waals surface area contributed by atoms with Crippen molar-refractivity contribution in [2.24, 2.45) is 0 Å². The minimum Gasteiger partial charge on any atom is -0.378 e. The van der Waals surface area contributed by atoms with Gasteiger partial charge < -0.3 is 9.64 Å². The Balaban J connectivity index is 1.65. The molecule has 0 aliphatic carbocycles. The summed E-state index contributed by atoms with van der Waals surface area (Å²) in [5, 5.41) is 3.65. The average Bonchev–Trinajstić information content (AvgIpc) is 3.23. The molecule has 1 aromatic carbocycles. The van der Waals surface area contributed by atoms with Gasteiger partial charge in [0, 0.05) is 18.5 Å². The molecular weight excluding hydrogens is 366 g/mol. The maximum atomic E-state index is 12.8. The molecule has 1 fully saturated rings. The zero-order valence-corrected chi connectivity index (χ0v) is 16.1. The molecule has 2 aromatic heterocycles. The molecule has 5 nitrogen and oxygen atoms in total. The molecule has 1 aliphatic heterocycles. The smallest absolute Gasteiger partial charge is 0.235 e. The molecule has 1 amide bonds. The van der Waals surface area contributed by atoms with Crippen molar-refractivity contribution in [3.8, 4) is 10.7 Å². The van der Waals surface area contributed by atoms with Crippen LogP contribution >= 0.6 is 23.1 Å². The Morgan fingerprint density at radius 2 is 2.00 bits per heavy atom. The summed E-state index contributed by atoms with van der Waals surface area (Å²) in [4.78, 5) is 25.1. The van der Waals surface area contributed by atoms with Crippen molar-refractivity contribution in [2.75, 3.05) is 26.3 Å². The Hall–Kier alpha value is -1.96. The minimum absolute atomic E-state index is 0.138. The van der Waals surface area contributed by atoms with Crippen LogP contribution in [0.4, 0.5) is 0 Å². The summed E-state index contributed by atoms with van der Waals surface area (Å²) in [6, 6.07) is 12.0. The van der Waals surface area contributed by atoms with Crippen LogP contribution in [-0.4, -0.2) is 52.3 Å². The van der Waals surface area contributed by atoms with E-state index in [2.05, 4.69) is 0 Å². The molecule has 0 unspecified atom stereocenters. The van der Waals surface area contributed by atoms with Crippen LogP contribution < -0.4 is 0 Å². The molecule has 4 rings (SSSR count). The molecule has 0 bridgehead atoms. The van der Waals surface area contributed by atoms with Crippen LogP contribution in [0.1, 0.15) is 6.92 Å². The Kier molecular flexibility index (Phi) is 5.19. The average molecular weight is 386 g/mol. The van der Waals surface area contributed by atoms with Gasteiger partial charge in [-0.3, -0.25) is 4.79 Å². The second kappa shape index (κ2) is 7.73. The van der Waals surface area contributed by atoms with E-state index in [1.165, 1.54) is 11.8 Å². The first-order valence-electron chi connectivity index (χ1n) is 8.56. The second-order valence-electron chi connectivity index (χ2n) is 6.04. The Bertz CT molecular complexity index is 908. The van der Waals surface area contributed by atoms with Crippen LogP contribution in [0.25, 0.3) is 21.6 Å². The van der Waals surface area contributed by atoms with E-state index >= 15 is 0 Å². The molecule has 0 N–H and O–H groups in total. The summed E-state index contributed by atoms with van der Waals surface area (Å²) in [7, 11) is 0. The maximum Gasteiger partial charge on any atom is 0.235 e. The fourth-order valence-corrected chi connectivity index (χ4v) is 4.59. The van der Waals surface area contributed by atoms with Crippen molar-refractivity contribution >= 4 is 39.9 Å². The highest BCUT2D eigenvalue weighted by atomic mass is 32.2. The van der Waals surface area contributed by atoms with Gasteiger partial charge in [0.2, 0.25) is 5.91 Å². The van der Waals surface area contributed by atoms with E-state index in [0.29, 0.717) is 32.1 Å². The molecule has 1 atom stereocenters. The standard InChI is InChI=1S/C19H19N3O2S2/c1-13(19(23)22-8-10-24-11-9-22)26-18-14-5-2-3-6-15(14)20-17(21-18)16-7-4-12-25-16/h2-7,12-13H,8-11H2,1H3/t13-/m0/s1. The Morgan fingerprint density at radius 1 is 1.19 bits per heavy atom. The molecule has 0 radical (unpaired) electrons. The topological polar surface area (TPSA) is 55.3 Å². The zero-order chi connectivity index (χ0) is 17.9. The van der Waals surface area contributed by atoms with Crippen LogP contribution in [0.3, 0.4) is 0 Å². The number of morpholine rings is 1. The van der Waals surface area contributed by atoms with Gasteiger partial charge in [0.05, 0.1) is 28.9 Å². The molecule has 3 heterocycles. The first-order chi connectivity index (χ1) is 12.7. The van der Waals surface area contributed by atoms with Gasteiger partial charge in [-0.25, -0.2) is 9.97 Å². The van der Waals surface area contributed by atoms with Gasteiger partial charge in [-0.1, -0.05) is 36.0 Å². The summed E-state index contributed by atoms with van der Waals surface area (Å²) in [5.74, 6) is 0.853. The molecule has 1 saturated heterocycles. The fourth-order valence-electron chi connectivity index (χ4n) is 2.91. The SMILES string of the molecule is C[C@H](Sc1nc(-c2cccs2)nc2ccccc12)C(=O)N1CCOCC1. The highest BCUT2D eigenvalue weighted by molar-refractivity contribution is 8.00. The fraction of sp³-hybridized carbons (Fsp3) is 0.316. The number of fused-ring (bicyclic) bond motifs is 1. The Labute approximate surface area is 160 Å². The number of thiophene rings is 1. The van der Waals surface area contributed by atoms with E-state index in [4.69, 9.17) is 14.7 Å². The lowest BCUT2D eigenvalue weighted by Gasteiger charge is -2.29. The number of carbonyl (C=O) groups excluding carboxylic acids is 1. The normalized spacial score (nSPS) is 16.0. The number of hydrogen-bond donors (Lipinski definition) is 0. The van der Waals surface area contributed by atoms with Crippen molar-refractivity contribution in [3.05, 3.63) is 41.8 Å². The minimum atomic E-state index is -0.206. The molecule has 1 aliphatic rings. The summed E-state index contributed by atoms with van der Waals surface area (Å²) in [6.07, 6.45) is 0. The number of aromatic nitrogens is 2. The van der Waals surface area contributed by atoms with E-state index in [-0.39, 0.29) is 11.2 Å². The Morgan fingerprint density at radius 3 is 2.77 bits per heavy atom. The van der Waals surface area contributed by atoms with E-state index in [9.17, 15) is 4.79 Å². The third kappa shape index (κ3) is 3.60. The number of rotatable bonds is 4. The molecule has 0 spiro atoms.